The van der Waals surface area contributed by atoms with E-state index in [9.17, 15) is 4.79 Å². The van der Waals surface area contributed by atoms with Crippen LogP contribution < -0.4 is 5.32 Å². The van der Waals surface area contributed by atoms with Crippen molar-refractivity contribution in [3.63, 3.8) is 0 Å². The summed E-state index contributed by atoms with van der Waals surface area (Å²) in [6.45, 7) is 4.06. The molecule has 0 saturated heterocycles. The highest BCUT2D eigenvalue weighted by Gasteiger charge is 2.15. The number of nitrogens with one attached hydrogen (secondary N) is 1. The molecule has 0 fully saturated rings. The molecule has 0 saturated carbocycles. The number of pyridine rings is 2. The van der Waals surface area contributed by atoms with Crippen molar-refractivity contribution < 1.29 is 4.79 Å². The molecule has 1 N–H and O–H groups in total. The minimum atomic E-state index is -0.0666. The number of hydrogen-bond acceptors (Lipinski definition) is 3. The summed E-state index contributed by atoms with van der Waals surface area (Å²) in [6.07, 6.45) is 4.37. The lowest BCUT2D eigenvalue weighted by atomic mass is 10.0. The molecule has 4 nitrogen and oxygen atoms in total. The zero-order valence-corrected chi connectivity index (χ0v) is 13.3. The molecule has 23 heavy (non-hydrogen) atoms. The third-order valence-corrected chi connectivity index (χ3v) is 3.91. The van der Waals surface area contributed by atoms with Gasteiger partial charge in [0.25, 0.3) is 5.91 Å². The molecule has 1 unspecified atom stereocenters. The van der Waals surface area contributed by atoms with Gasteiger partial charge in [0.15, 0.2) is 0 Å². The minimum absolute atomic E-state index is 0.0666. The monoisotopic (exact) mass is 305 g/mol. The standard InChI is InChI=1S/C19H19N3O/c1-3-13(2)21-19(23)16-11-18(14-7-6-10-20-12-14)22-17-9-5-4-8-15(16)17/h4-13H,3H2,1-2H3,(H,21,23). The Morgan fingerprint density at radius 1 is 1.22 bits per heavy atom. The number of para-hydroxylation sites is 1. The molecule has 3 aromatic rings. The molecule has 0 spiro atoms. The van der Waals surface area contributed by atoms with E-state index in [1.165, 1.54) is 0 Å². The van der Waals surface area contributed by atoms with E-state index in [1.807, 2.05) is 49.4 Å². The lowest BCUT2D eigenvalue weighted by Crippen LogP contribution is -2.32. The molecule has 0 radical (unpaired) electrons. The van der Waals surface area contributed by atoms with Crippen molar-refractivity contribution in [2.45, 2.75) is 26.3 Å². The molecule has 2 aromatic heterocycles. The predicted octanol–water partition coefficient (Wildman–Crippen LogP) is 3.83. The molecule has 0 aliphatic rings. The summed E-state index contributed by atoms with van der Waals surface area (Å²) >= 11 is 0. The third kappa shape index (κ3) is 3.21. The first-order valence-corrected chi connectivity index (χ1v) is 7.80. The number of benzene rings is 1. The Morgan fingerprint density at radius 2 is 2.04 bits per heavy atom. The molecule has 116 valence electrons. The van der Waals surface area contributed by atoms with Gasteiger partial charge in [-0.3, -0.25) is 9.78 Å². The zero-order chi connectivity index (χ0) is 16.2. The summed E-state index contributed by atoms with van der Waals surface area (Å²) in [4.78, 5) is 21.5. The first kappa shape index (κ1) is 15.2. The summed E-state index contributed by atoms with van der Waals surface area (Å²) in [5.41, 5.74) is 3.11. The Labute approximate surface area is 135 Å². The van der Waals surface area contributed by atoms with Crippen molar-refractivity contribution in [3.8, 4) is 11.3 Å². The maximum absolute atomic E-state index is 12.7. The van der Waals surface area contributed by atoms with Gasteiger partial charge in [0.05, 0.1) is 16.8 Å². The van der Waals surface area contributed by atoms with E-state index in [1.54, 1.807) is 12.4 Å². The van der Waals surface area contributed by atoms with Gasteiger partial charge in [0.1, 0.15) is 0 Å². The molecular weight excluding hydrogens is 286 g/mol. The van der Waals surface area contributed by atoms with E-state index >= 15 is 0 Å². The molecule has 0 aliphatic carbocycles. The van der Waals surface area contributed by atoms with Crippen molar-refractivity contribution >= 4 is 16.8 Å². The maximum Gasteiger partial charge on any atom is 0.252 e. The van der Waals surface area contributed by atoms with Gasteiger partial charge in [0, 0.05) is 29.4 Å². The normalized spacial score (nSPS) is 12.1. The van der Waals surface area contributed by atoms with Crippen LogP contribution in [0.5, 0.6) is 0 Å². The third-order valence-electron chi connectivity index (χ3n) is 3.91. The smallest absolute Gasteiger partial charge is 0.252 e. The van der Waals surface area contributed by atoms with Crippen LogP contribution in [0.3, 0.4) is 0 Å². The molecule has 0 bridgehead atoms. The second kappa shape index (κ2) is 6.57. The van der Waals surface area contributed by atoms with E-state index in [2.05, 4.69) is 22.2 Å². The van der Waals surface area contributed by atoms with Gasteiger partial charge in [-0.05, 0) is 37.6 Å². The van der Waals surface area contributed by atoms with Crippen LogP contribution in [0.4, 0.5) is 0 Å². The molecule has 3 rings (SSSR count). The second-order valence-electron chi connectivity index (χ2n) is 5.60. The molecular formula is C19H19N3O. The van der Waals surface area contributed by atoms with Gasteiger partial charge in [-0.1, -0.05) is 25.1 Å². The highest BCUT2D eigenvalue weighted by Crippen LogP contribution is 2.24. The molecule has 1 aromatic carbocycles. The summed E-state index contributed by atoms with van der Waals surface area (Å²) in [7, 11) is 0. The number of amides is 1. The van der Waals surface area contributed by atoms with Crippen LogP contribution in [0, 0.1) is 0 Å². The Kier molecular flexibility index (Phi) is 4.33. The quantitative estimate of drug-likeness (QED) is 0.797. The number of fused-ring (bicyclic) bond motifs is 1. The SMILES string of the molecule is CCC(C)NC(=O)c1cc(-c2cccnc2)nc2ccccc12. The van der Waals surface area contributed by atoms with Crippen LogP contribution in [-0.4, -0.2) is 21.9 Å². The van der Waals surface area contributed by atoms with Crippen LogP contribution >= 0.6 is 0 Å². The van der Waals surface area contributed by atoms with Gasteiger partial charge >= 0.3 is 0 Å². The van der Waals surface area contributed by atoms with Gasteiger partial charge < -0.3 is 5.32 Å². The van der Waals surface area contributed by atoms with Crippen molar-refractivity contribution in [2.24, 2.45) is 0 Å². The van der Waals surface area contributed by atoms with E-state index in [0.29, 0.717) is 5.56 Å². The largest absolute Gasteiger partial charge is 0.350 e. The van der Waals surface area contributed by atoms with E-state index in [-0.39, 0.29) is 11.9 Å². The van der Waals surface area contributed by atoms with Gasteiger partial charge in [-0.25, -0.2) is 4.98 Å². The average Bonchev–Trinajstić information content (AvgIpc) is 2.61. The molecule has 1 amide bonds. The van der Waals surface area contributed by atoms with Crippen LogP contribution in [0.2, 0.25) is 0 Å². The van der Waals surface area contributed by atoms with Crippen LogP contribution in [0.1, 0.15) is 30.6 Å². The van der Waals surface area contributed by atoms with E-state index in [0.717, 1.165) is 28.6 Å². The minimum Gasteiger partial charge on any atom is -0.350 e. The van der Waals surface area contributed by atoms with Crippen LogP contribution in [0.15, 0.2) is 54.9 Å². The number of nitrogens with zero attached hydrogens (tertiary/aromatic N) is 2. The maximum atomic E-state index is 12.7. The van der Waals surface area contributed by atoms with Crippen molar-refractivity contribution in [3.05, 3.63) is 60.4 Å². The number of carbonyl (C=O) groups is 1. The molecule has 2 heterocycles. The second-order valence-corrected chi connectivity index (χ2v) is 5.60. The van der Waals surface area contributed by atoms with Crippen LogP contribution in [0.25, 0.3) is 22.2 Å². The summed E-state index contributed by atoms with van der Waals surface area (Å²) in [5.74, 6) is -0.0666. The predicted molar refractivity (Wildman–Crippen MR) is 92.2 cm³/mol. The Hall–Kier alpha value is -2.75. The average molecular weight is 305 g/mol. The molecule has 1 atom stereocenters. The number of hydrogen-bond donors (Lipinski definition) is 1. The highest BCUT2D eigenvalue weighted by atomic mass is 16.1. The lowest BCUT2D eigenvalue weighted by molar-refractivity contribution is 0.0941. The zero-order valence-electron chi connectivity index (χ0n) is 13.3. The number of carbonyl (C=O) groups excluding carboxylic acids is 1. The summed E-state index contributed by atoms with van der Waals surface area (Å²) < 4.78 is 0. The lowest BCUT2D eigenvalue weighted by Gasteiger charge is -2.14. The Balaban J connectivity index is 2.13. The van der Waals surface area contributed by atoms with E-state index in [4.69, 9.17) is 0 Å². The molecule has 0 aliphatic heterocycles. The molecule has 4 heteroatoms. The van der Waals surface area contributed by atoms with Crippen molar-refractivity contribution in [2.75, 3.05) is 0 Å². The van der Waals surface area contributed by atoms with Gasteiger partial charge in [-0.15, -0.1) is 0 Å². The fourth-order valence-corrected chi connectivity index (χ4v) is 2.43. The highest BCUT2D eigenvalue weighted by molar-refractivity contribution is 6.07. The first-order valence-electron chi connectivity index (χ1n) is 7.80. The topological polar surface area (TPSA) is 54.9 Å². The number of rotatable bonds is 4. The van der Waals surface area contributed by atoms with Crippen molar-refractivity contribution in [1.82, 2.24) is 15.3 Å². The fraction of sp³-hybridized carbons (Fsp3) is 0.211. The Morgan fingerprint density at radius 3 is 2.78 bits per heavy atom. The van der Waals surface area contributed by atoms with E-state index < -0.39 is 0 Å². The Bertz CT molecular complexity index is 830. The first-order chi connectivity index (χ1) is 11.2. The van der Waals surface area contributed by atoms with Crippen molar-refractivity contribution in [1.29, 1.82) is 0 Å². The van der Waals surface area contributed by atoms with Crippen LogP contribution in [-0.2, 0) is 0 Å². The van der Waals surface area contributed by atoms with Gasteiger partial charge in [-0.2, -0.15) is 0 Å². The summed E-state index contributed by atoms with van der Waals surface area (Å²) in [6, 6.07) is 13.5. The fourth-order valence-electron chi connectivity index (χ4n) is 2.43. The number of aromatic nitrogens is 2. The summed E-state index contributed by atoms with van der Waals surface area (Å²) in [5, 5.41) is 3.90. The van der Waals surface area contributed by atoms with Gasteiger partial charge in [0.2, 0.25) is 0 Å².